The molecule has 3 nitrogen and oxygen atoms in total. The quantitative estimate of drug-likeness (QED) is 0.797. The molecule has 0 bridgehead atoms. The predicted octanol–water partition coefficient (Wildman–Crippen LogP) is 3.31. The van der Waals surface area contributed by atoms with E-state index in [1.807, 2.05) is 11.6 Å². The van der Waals surface area contributed by atoms with Crippen LogP contribution in [0.3, 0.4) is 0 Å². The number of nitrogens with zero attached hydrogens (tertiary/aromatic N) is 2. The molecule has 2 N–H and O–H groups in total. The Morgan fingerprint density at radius 3 is 3.11 bits per heavy atom. The number of aromatic nitrogens is 2. The van der Waals surface area contributed by atoms with Crippen molar-refractivity contribution in [2.45, 2.75) is 23.4 Å². The lowest BCUT2D eigenvalue weighted by atomic mass is 10.2. The number of aryl methyl sites for hydroxylation is 1. The lowest BCUT2D eigenvalue weighted by Gasteiger charge is -2.02. The summed E-state index contributed by atoms with van der Waals surface area (Å²) in [6.07, 6.45) is 2.02. The number of thiazole rings is 1. The highest BCUT2D eigenvalue weighted by molar-refractivity contribution is 7.99. The van der Waals surface area contributed by atoms with Crippen molar-refractivity contribution >= 4 is 28.1 Å². The Balaban J connectivity index is 2.01. The van der Waals surface area contributed by atoms with Crippen molar-refractivity contribution in [2.24, 2.45) is 5.73 Å². The highest BCUT2D eigenvalue weighted by Gasteiger charge is 2.12. The van der Waals surface area contributed by atoms with Gasteiger partial charge in [-0.05, 0) is 19.1 Å². The highest BCUT2D eigenvalue weighted by Crippen LogP contribution is 2.31. The molecule has 3 rings (SSSR count). The molecule has 0 aliphatic carbocycles. The van der Waals surface area contributed by atoms with Gasteiger partial charge in [-0.3, -0.25) is 4.40 Å². The van der Waals surface area contributed by atoms with E-state index in [4.69, 9.17) is 5.73 Å². The van der Waals surface area contributed by atoms with E-state index < -0.39 is 0 Å². The first-order valence-electron chi connectivity index (χ1n) is 5.67. The second-order valence-electron chi connectivity index (χ2n) is 4.04. The van der Waals surface area contributed by atoms with Gasteiger partial charge in [-0.2, -0.15) is 0 Å². The molecule has 0 fully saturated rings. The minimum absolute atomic E-state index is 0.506. The number of imidazole rings is 1. The van der Waals surface area contributed by atoms with Crippen molar-refractivity contribution < 1.29 is 0 Å². The smallest absolute Gasteiger partial charge is 0.194 e. The largest absolute Gasteiger partial charge is 0.325 e. The second kappa shape index (κ2) is 4.76. The Hall–Kier alpha value is -1.30. The van der Waals surface area contributed by atoms with Crippen molar-refractivity contribution in [3.8, 4) is 0 Å². The summed E-state index contributed by atoms with van der Waals surface area (Å²) in [5.74, 6) is 0. The molecule has 0 spiro atoms. The van der Waals surface area contributed by atoms with E-state index in [1.165, 1.54) is 10.5 Å². The van der Waals surface area contributed by atoms with E-state index >= 15 is 0 Å². The van der Waals surface area contributed by atoms with Crippen LogP contribution in [0.25, 0.3) is 4.96 Å². The van der Waals surface area contributed by atoms with Crippen molar-refractivity contribution in [1.29, 1.82) is 0 Å². The van der Waals surface area contributed by atoms with Crippen LogP contribution in [0, 0.1) is 6.92 Å². The molecular weight excluding hydrogens is 262 g/mol. The molecule has 0 atom stereocenters. The summed E-state index contributed by atoms with van der Waals surface area (Å²) < 4.78 is 2.07. The van der Waals surface area contributed by atoms with Gasteiger partial charge in [0.25, 0.3) is 0 Å². The fraction of sp³-hybridized carbons (Fsp3) is 0.154. The van der Waals surface area contributed by atoms with Crippen LogP contribution in [-0.4, -0.2) is 9.38 Å². The third kappa shape index (κ3) is 2.05. The molecule has 0 unspecified atom stereocenters. The minimum atomic E-state index is 0.506. The fourth-order valence-corrected chi connectivity index (χ4v) is 3.71. The Kier molecular flexibility index (Phi) is 3.11. The van der Waals surface area contributed by atoms with Gasteiger partial charge in [0.15, 0.2) is 4.96 Å². The monoisotopic (exact) mass is 275 g/mol. The number of rotatable bonds is 3. The highest BCUT2D eigenvalue weighted by atomic mass is 32.2. The van der Waals surface area contributed by atoms with E-state index in [0.29, 0.717) is 6.54 Å². The summed E-state index contributed by atoms with van der Waals surface area (Å²) in [4.78, 5) is 6.84. The standard InChI is InChI=1S/C13H13N3S2/c1-9-3-2-4-10(7-9)18-12-11(8-14)16-5-6-17-13(16)15-12/h2-7H,8,14H2,1H3. The molecular formula is C13H13N3S2. The molecule has 0 amide bonds. The zero-order valence-electron chi connectivity index (χ0n) is 9.96. The molecule has 18 heavy (non-hydrogen) atoms. The van der Waals surface area contributed by atoms with E-state index in [9.17, 15) is 0 Å². The van der Waals surface area contributed by atoms with E-state index in [1.54, 1.807) is 23.1 Å². The maximum absolute atomic E-state index is 5.83. The molecule has 3 aromatic rings. The maximum Gasteiger partial charge on any atom is 0.194 e. The number of hydrogen-bond acceptors (Lipinski definition) is 4. The third-order valence-electron chi connectivity index (χ3n) is 2.72. The average Bonchev–Trinajstić information content (AvgIpc) is 2.89. The van der Waals surface area contributed by atoms with Gasteiger partial charge in [0, 0.05) is 23.0 Å². The number of benzene rings is 1. The molecule has 2 aromatic heterocycles. The molecule has 2 heterocycles. The van der Waals surface area contributed by atoms with E-state index in [-0.39, 0.29) is 0 Å². The minimum Gasteiger partial charge on any atom is -0.325 e. The van der Waals surface area contributed by atoms with Crippen molar-refractivity contribution in [1.82, 2.24) is 9.38 Å². The molecule has 92 valence electrons. The van der Waals surface area contributed by atoms with Crippen molar-refractivity contribution in [3.05, 3.63) is 47.1 Å². The molecule has 0 saturated carbocycles. The van der Waals surface area contributed by atoms with Gasteiger partial charge in [0.2, 0.25) is 0 Å². The Morgan fingerprint density at radius 2 is 2.33 bits per heavy atom. The van der Waals surface area contributed by atoms with Crippen LogP contribution in [0.1, 0.15) is 11.3 Å². The zero-order chi connectivity index (χ0) is 12.5. The molecule has 0 aliphatic heterocycles. The summed E-state index contributed by atoms with van der Waals surface area (Å²) in [5, 5.41) is 3.04. The van der Waals surface area contributed by atoms with Crippen LogP contribution in [0.4, 0.5) is 0 Å². The van der Waals surface area contributed by atoms with E-state index in [0.717, 1.165) is 15.7 Å². The van der Waals surface area contributed by atoms with Crippen LogP contribution < -0.4 is 5.73 Å². The predicted molar refractivity (Wildman–Crippen MR) is 76.3 cm³/mol. The Bertz CT molecular complexity index is 684. The van der Waals surface area contributed by atoms with Crippen molar-refractivity contribution in [3.63, 3.8) is 0 Å². The summed E-state index contributed by atoms with van der Waals surface area (Å²) in [6.45, 7) is 2.60. The number of fused-ring (bicyclic) bond motifs is 1. The van der Waals surface area contributed by atoms with Crippen LogP contribution in [0.15, 0.2) is 45.8 Å². The Labute approximate surface area is 114 Å². The van der Waals surface area contributed by atoms with Gasteiger partial charge in [0.05, 0.1) is 5.69 Å². The van der Waals surface area contributed by atoms with Crippen LogP contribution in [-0.2, 0) is 6.54 Å². The van der Waals surface area contributed by atoms with Crippen molar-refractivity contribution in [2.75, 3.05) is 0 Å². The van der Waals surface area contributed by atoms with E-state index in [2.05, 4.69) is 40.6 Å². The van der Waals surface area contributed by atoms with Crippen LogP contribution >= 0.6 is 23.1 Å². The molecule has 5 heteroatoms. The SMILES string of the molecule is Cc1cccc(Sc2nc3sccn3c2CN)c1. The van der Waals surface area contributed by atoms with Gasteiger partial charge in [0.1, 0.15) is 5.03 Å². The summed E-state index contributed by atoms with van der Waals surface area (Å²) in [5.41, 5.74) is 8.18. The third-order valence-corrected chi connectivity index (χ3v) is 4.49. The molecule has 0 aliphatic rings. The maximum atomic E-state index is 5.83. The summed E-state index contributed by atoms with van der Waals surface area (Å²) >= 11 is 3.31. The lowest BCUT2D eigenvalue weighted by Crippen LogP contribution is -2.00. The molecule has 0 saturated heterocycles. The first kappa shape index (κ1) is 11.8. The van der Waals surface area contributed by atoms with Gasteiger partial charge in [-0.15, -0.1) is 11.3 Å². The topological polar surface area (TPSA) is 43.3 Å². The first-order valence-corrected chi connectivity index (χ1v) is 7.36. The molecule has 0 radical (unpaired) electrons. The lowest BCUT2D eigenvalue weighted by molar-refractivity contribution is 0.924. The fourth-order valence-electron chi connectivity index (χ4n) is 1.87. The average molecular weight is 275 g/mol. The summed E-state index contributed by atoms with van der Waals surface area (Å²) in [7, 11) is 0. The van der Waals surface area contributed by atoms with Gasteiger partial charge in [-0.1, -0.05) is 29.5 Å². The first-order chi connectivity index (χ1) is 8.78. The molecule has 1 aromatic carbocycles. The number of hydrogen-bond donors (Lipinski definition) is 1. The zero-order valence-corrected chi connectivity index (χ0v) is 11.6. The van der Waals surface area contributed by atoms with Gasteiger partial charge < -0.3 is 5.73 Å². The van der Waals surface area contributed by atoms with Gasteiger partial charge >= 0.3 is 0 Å². The number of nitrogens with two attached hydrogens (primary N) is 1. The van der Waals surface area contributed by atoms with Crippen LogP contribution in [0.5, 0.6) is 0 Å². The second-order valence-corrected chi connectivity index (χ2v) is 5.98. The Morgan fingerprint density at radius 1 is 1.44 bits per heavy atom. The van der Waals surface area contributed by atoms with Gasteiger partial charge in [-0.25, -0.2) is 4.98 Å². The van der Waals surface area contributed by atoms with Crippen LogP contribution in [0.2, 0.25) is 0 Å². The summed E-state index contributed by atoms with van der Waals surface area (Å²) in [6, 6.07) is 8.43. The normalized spacial score (nSPS) is 11.2.